The van der Waals surface area contributed by atoms with Crippen LogP contribution < -0.4 is 5.32 Å². The number of carbonyl (C=O) groups excluding carboxylic acids is 1. The molecule has 19 heavy (non-hydrogen) atoms. The summed E-state index contributed by atoms with van der Waals surface area (Å²) in [5, 5.41) is 11.6. The Morgan fingerprint density at radius 2 is 2.00 bits per heavy atom. The second-order valence-electron chi connectivity index (χ2n) is 4.58. The SMILES string of the molecule is CC(C)CN(CC(=O)O)C(=O)Nc1ccccc1I. The second-order valence-corrected chi connectivity index (χ2v) is 5.74. The first kappa shape index (κ1) is 15.7. The van der Waals surface area contributed by atoms with Gasteiger partial charge in [-0.3, -0.25) is 4.79 Å². The molecule has 0 aliphatic rings. The fraction of sp³-hybridized carbons (Fsp3) is 0.385. The molecule has 0 spiro atoms. The number of benzene rings is 1. The quantitative estimate of drug-likeness (QED) is 0.777. The third kappa shape index (κ3) is 5.46. The van der Waals surface area contributed by atoms with Crippen molar-refractivity contribution in [2.24, 2.45) is 5.92 Å². The monoisotopic (exact) mass is 376 g/mol. The molecule has 6 heteroatoms. The van der Waals surface area contributed by atoms with Gasteiger partial charge in [0.1, 0.15) is 6.54 Å². The zero-order valence-corrected chi connectivity index (χ0v) is 13.0. The standard InChI is InChI=1S/C13H17IN2O3/c1-9(2)7-16(8-12(17)18)13(19)15-11-6-4-3-5-10(11)14/h3-6,9H,7-8H2,1-2H3,(H,15,19)(H,17,18). The van der Waals surface area contributed by atoms with Crippen molar-refractivity contribution in [1.82, 2.24) is 4.90 Å². The van der Waals surface area contributed by atoms with Gasteiger partial charge in [0.05, 0.1) is 5.69 Å². The topological polar surface area (TPSA) is 69.6 Å². The van der Waals surface area contributed by atoms with E-state index in [9.17, 15) is 9.59 Å². The van der Waals surface area contributed by atoms with Gasteiger partial charge in [-0.15, -0.1) is 0 Å². The summed E-state index contributed by atoms with van der Waals surface area (Å²) < 4.78 is 0.910. The zero-order valence-electron chi connectivity index (χ0n) is 10.9. The molecule has 0 saturated heterocycles. The number of nitrogens with one attached hydrogen (secondary N) is 1. The van der Waals surface area contributed by atoms with E-state index in [4.69, 9.17) is 5.11 Å². The summed E-state index contributed by atoms with van der Waals surface area (Å²) in [5.41, 5.74) is 0.687. The summed E-state index contributed by atoms with van der Waals surface area (Å²) in [6.45, 7) is 3.98. The minimum absolute atomic E-state index is 0.208. The van der Waals surface area contributed by atoms with E-state index in [1.165, 1.54) is 4.90 Å². The molecule has 0 saturated carbocycles. The molecule has 0 unspecified atom stereocenters. The number of nitrogens with zero attached hydrogens (tertiary/aromatic N) is 1. The molecule has 1 rings (SSSR count). The number of para-hydroxylation sites is 1. The minimum atomic E-state index is -1.02. The number of rotatable bonds is 5. The van der Waals surface area contributed by atoms with Crippen LogP contribution in [0.1, 0.15) is 13.8 Å². The lowest BCUT2D eigenvalue weighted by Crippen LogP contribution is -2.41. The zero-order chi connectivity index (χ0) is 14.4. The van der Waals surface area contributed by atoms with Gasteiger partial charge in [0, 0.05) is 10.1 Å². The highest BCUT2D eigenvalue weighted by Gasteiger charge is 2.18. The van der Waals surface area contributed by atoms with Gasteiger partial charge in [0.15, 0.2) is 0 Å². The van der Waals surface area contributed by atoms with E-state index in [2.05, 4.69) is 27.9 Å². The molecule has 0 aliphatic carbocycles. The fourth-order valence-electron chi connectivity index (χ4n) is 1.58. The summed E-state index contributed by atoms with van der Waals surface area (Å²) in [7, 11) is 0. The summed E-state index contributed by atoms with van der Waals surface area (Å²) in [5.74, 6) is -0.807. The predicted octanol–water partition coefficient (Wildman–Crippen LogP) is 2.87. The normalized spacial score (nSPS) is 10.3. The summed E-state index contributed by atoms with van der Waals surface area (Å²) in [6.07, 6.45) is 0. The van der Waals surface area contributed by atoms with Gasteiger partial charge in [-0.2, -0.15) is 0 Å². The van der Waals surface area contributed by atoms with E-state index in [1.807, 2.05) is 32.0 Å². The number of urea groups is 1. The van der Waals surface area contributed by atoms with Crippen LogP contribution in [0, 0.1) is 9.49 Å². The molecule has 1 aromatic rings. The summed E-state index contributed by atoms with van der Waals surface area (Å²) >= 11 is 2.12. The van der Waals surface area contributed by atoms with Crippen molar-refractivity contribution in [3.8, 4) is 0 Å². The van der Waals surface area contributed by atoms with Gasteiger partial charge in [0.25, 0.3) is 0 Å². The van der Waals surface area contributed by atoms with Crippen molar-refractivity contribution < 1.29 is 14.7 Å². The third-order valence-corrected chi connectivity index (χ3v) is 3.26. The van der Waals surface area contributed by atoms with Gasteiger partial charge in [-0.05, 0) is 40.6 Å². The lowest BCUT2D eigenvalue weighted by atomic mass is 10.2. The number of halogens is 1. The second kappa shape index (κ2) is 7.32. The first-order chi connectivity index (χ1) is 8.90. The number of carboxylic acid groups (broad SMARTS) is 1. The first-order valence-electron chi connectivity index (χ1n) is 5.92. The maximum atomic E-state index is 12.1. The number of anilines is 1. The van der Waals surface area contributed by atoms with Crippen LogP contribution in [0.15, 0.2) is 24.3 Å². The number of aliphatic carboxylic acids is 1. The summed E-state index contributed by atoms with van der Waals surface area (Å²) in [4.78, 5) is 24.2. The number of hydrogen-bond acceptors (Lipinski definition) is 2. The largest absolute Gasteiger partial charge is 0.480 e. The molecule has 0 radical (unpaired) electrons. The molecule has 0 fully saturated rings. The van der Waals surface area contributed by atoms with Gasteiger partial charge >= 0.3 is 12.0 Å². The molecule has 2 N–H and O–H groups in total. The Kier molecular flexibility index (Phi) is 6.07. The lowest BCUT2D eigenvalue weighted by Gasteiger charge is -2.23. The Morgan fingerprint density at radius 3 is 2.53 bits per heavy atom. The average Bonchev–Trinajstić information content (AvgIpc) is 2.30. The highest BCUT2D eigenvalue weighted by molar-refractivity contribution is 14.1. The van der Waals surface area contributed by atoms with Crippen molar-refractivity contribution in [3.05, 3.63) is 27.8 Å². The lowest BCUT2D eigenvalue weighted by molar-refractivity contribution is -0.137. The third-order valence-electron chi connectivity index (χ3n) is 2.31. The predicted molar refractivity (Wildman–Crippen MR) is 82.2 cm³/mol. The number of amides is 2. The van der Waals surface area contributed by atoms with E-state index < -0.39 is 5.97 Å². The number of carboxylic acids is 1. The molecule has 0 bridgehead atoms. The Morgan fingerprint density at radius 1 is 1.37 bits per heavy atom. The maximum absolute atomic E-state index is 12.1. The van der Waals surface area contributed by atoms with E-state index >= 15 is 0 Å². The Balaban J connectivity index is 2.76. The number of hydrogen-bond donors (Lipinski definition) is 2. The van der Waals surface area contributed by atoms with Crippen LogP contribution >= 0.6 is 22.6 Å². The molecule has 0 heterocycles. The molecular weight excluding hydrogens is 359 g/mol. The van der Waals surface area contributed by atoms with Crippen LogP contribution in [-0.4, -0.2) is 35.1 Å². The Bertz CT molecular complexity index is 463. The van der Waals surface area contributed by atoms with Crippen LogP contribution in [-0.2, 0) is 4.79 Å². The molecule has 0 atom stereocenters. The van der Waals surface area contributed by atoms with Crippen molar-refractivity contribution in [2.45, 2.75) is 13.8 Å². The van der Waals surface area contributed by atoms with Crippen LogP contribution in [0.2, 0.25) is 0 Å². The maximum Gasteiger partial charge on any atom is 0.323 e. The van der Waals surface area contributed by atoms with Gasteiger partial charge < -0.3 is 15.3 Å². The highest BCUT2D eigenvalue weighted by atomic mass is 127. The van der Waals surface area contributed by atoms with Crippen molar-refractivity contribution in [3.63, 3.8) is 0 Å². The van der Waals surface area contributed by atoms with Gasteiger partial charge in [0.2, 0.25) is 0 Å². The van der Waals surface area contributed by atoms with Crippen molar-refractivity contribution >= 4 is 40.3 Å². The molecule has 0 aromatic heterocycles. The average molecular weight is 376 g/mol. The molecule has 0 aliphatic heterocycles. The van der Waals surface area contributed by atoms with E-state index in [-0.39, 0.29) is 18.5 Å². The molecule has 2 amide bonds. The van der Waals surface area contributed by atoms with Crippen LogP contribution in [0.4, 0.5) is 10.5 Å². The van der Waals surface area contributed by atoms with E-state index in [0.717, 1.165) is 3.57 Å². The first-order valence-corrected chi connectivity index (χ1v) is 7.00. The summed E-state index contributed by atoms with van der Waals surface area (Å²) in [6, 6.07) is 6.97. The molecule has 1 aromatic carbocycles. The van der Waals surface area contributed by atoms with Gasteiger partial charge in [-0.25, -0.2) is 4.79 Å². The highest BCUT2D eigenvalue weighted by Crippen LogP contribution is 2.17. The Labute approximate surface area is 126 Å². The molecular formula is C13H17IN2O3. The van der Waals surface area contributed by atoms with Crippen LogP contribution in [0.25, 0.3) is 0 Å². The Hall–Kier alpha value is -1.31. The van der Waals surface area contributed by atoms with Crippen molar-refractivity contribution in [2.75, 3.05) is 18.4 Å². The van der Waals surface area contributed by atoms with Crippen LogP contribution in [0.3, 0.4) is 0 Å². The minimum Gasteiger partial charge on any atom is -0.480 e. The number of carbonyl (C=O) groups is 2. The van der Waals surface area contributed by atoms with Crippen molar-refractivity contribution in [1.29, 1.82) is 0 Å². The fourth-order valence-corrected chi connectivity index (χ4v) is 2.10. The van der Waals surface area contributed by atoms with E-state index in [0.29, 0.717) is 12.2 Å². The smallest absolute Gasteiger partial charge is 0.323 e. The van der Waals surface area contributed by atoms with Crippen LogP contribution in [0.5, 0.6) is 0 Å². The van der Waals surface area contributed by atoms with E-state index in [1.54, 1.807) is 6.07 Å². The molecule has 5 nitrogen and oxygen atoms in total. The molecule has 104 valence electrons. The van der Waals surface area contributed by atoms with Gasteiger partial charge in [-0.1, -0.05) is 26.0 Å².